The number of fused-ring (bicyclic) bond motifs is 1. The topological polar surface area (TPSA) is 59.8 Å². The zero-order chi connectivity index (χ0) is 18.6. The van der Waals surface area contributed by atoms with Crippen LogP contribution in [0.25, 0.3) is 11.0 Å². The number of hydrogen-bond acceptors (Lipinski definition) is 5. The second kappa shape index (κ2) is 8.02. The summed E-state index contributed by atoms with van der Waals surface area (Å²) in [5.41, 5.74) is 3.27. The van der Waals surface area contributed by atoms with Crippen LogP contribution < -0.4 is 5.32 Å². The Morgan fingerprint density at radius 1 is 1.26 bits per heavy atom. The molecule has 0 bridgehead atoms. The number of nitrogens with one attached hydrogen (secondary N) is 1. The van der Waals surface area contributed by atoms with E-state index in [1.165, 1.54) is 5.56 Å². The van der Waals surface area contributed by atoms with Gasteiger partial charge in [0.1, 0.15) is 10.8 Å². The molecule has 138 valence electrons. The smallest absolute Gasteiger partial charge is 0.221 e. The molecule has 0 aliphatic carbocycles. The molecule has 7 heteroatoms. The molecule has 1 aromatic carbocycles. The third kappa shape index (κ3) is 4.09. The van der Waals surface area contributed by atoms with Gasteiger partial charge in [-0.3, -0.25) is 4.79 Å². The van der Waals surface area contributed by atoms with Crippen LogP contribution in [0, 0.1) is 0 Å². The Morgan fingerprint density at radius 3 is 2.89 bits per heavy atom. The molecule has 0 fully saturated rings. The number of amides is 1. The quantitative estimate of drug-likeness (QED) is 0.511. The van der Waals surface area contributed by atoms with Gasteiger partial charge in [0.2, 0.25) is 5.91 Å². The van der Waals surface area contributed by atoms with Crippen molar-refractivity contribution in [3.8, 4) is 0 Å². The van der Waals surface area contributed by atoms with Gasteiger partial charge in [-0.1, -0.05) is 12.1 Å². The van der Waals surface area contributed by atoms with Crippen molar-refractivity contribution in [3.63, 3.8) is 0 Å². The van der Waals surface area contributed by atoms with E-state index in [1.54, 1.807) is 28.9 Å². The van der Waals surface area contributed by atoms with Gasteiger partial charge < -0.3 is 9.88 Å². The maximum Gasteiger partial charge on any atom is 0.221 e. The standard InChI is InChI=1S/C20H20N4OS2/c1-24-17-5-3-2-4-15(17)22-18(24)6-7-19(25)23-16(20-21-9-11-27-20)12-14-8-10-26-13-14/h2-5,8-11,13,16H,6-7,12H2,1H3,(H,23,25). The molecule has 0 aliphatic rings. The van der Waals surface area contributed by atoms with Crippen LogP contribution in [0.4, 0.5) is 0 Å². The molecule has 5 nitrogen and oxygen atoms in total. The Hall–Kier alpha value is -2.51. The molecule has 0 saturated heterocycles. The minimum atomic E-state index is -0.0902. The highest BCUT2D eigenvalue weighted by Crippen LogP contribution is 2.22. The minimum absolute atomic E-state index is 0.0254. The first-order valence-corrected chi connectivity index (χ1v) is 10.6. The Kier molecular flexibility index (Phi) is 5.31. The molecule has 0 saturated carbocycles. The van der Waals surface area contributed by atoms with Gasteiger partial charge >= 0.3 is 0 Å². The second-order valence-electron chi connectivity index (χ2n) is 6.40. The lowest BCUT2D eigenvalue weighted by molar-refractivity contribution is -0.121. The molecule has 1 N–H and O–H groups in total. The number of carbonyl (C=O) groups excluding carboxylic acids is 1. The molecule has 1 atom stereocenters. The summed E-state index contributed by atoms with van der Waals surface area (Å²) < 4.78 is 2.06. The largest absolute Gasteiger partial charge is 0.347 e. The molecule has 4 aromatic rings. The number of rotatable bonds is 7. The lowest BCUT2D eigenvalue weighted by Crippen LogP contribution is -2.30. The number of carbonyl (C=O) groups is 1. The molecule has 1 unspecified atom stereocenters. The fourth-order valence-corrected chi connectivity index (χ4v) is 4.53. The third-order valence-corrected chi connectivity index (χ3v) is 6.18. The summed E-state index contributed by atoms with van der Waals surface area (Å²) in [7, 11) is 2.00. The van der Waals surface area contributed by atoms with Gasteiger partial charge in [-0.2, -0.15) is 11.3 Å². The summed E-state index contributed by atoms with van der Waals surface area (Å²) in [4.78, 5) is 21.7. The first kappa shape index (κ1) is 17.9. The van der Waals surface area contributed by atoms with Crippen LogP contribution in [0.1, 0.15) is 28.9 Å². The Bertz CT molecular complexity index is 1020. The van der Waals surface area contributed by atoms with Crippen molar-refractivity contribution in [3.05, 3.63) is 69.1 Å². The average Bonchev–Trinajstić information content (AvgIpc) is 3.42. The first-order valence-electron chi connectivity index (χ1n) is 8.81. The van der Waals surface area contributed by atoms with Crippen LogP contribution in [-0.4, -0.2) is 20.4 Å². The Morgan fingerprint density at radius 2 is 2.15 bits per heavy atom. The second-order valence-corrected chi connectivity index (χ2v) is 8.11. The van der Waals surface area contributed by atoms with Gasteiger partial charge in [0, 0.05) is 37.9 Å². The van der Waals surface area contributed by atoms with Gasteiger partial charge in [-0.25, -0.2) is 9.97 Å². The molecule has 1 amide bonds. The van der Waals surface area contributed by atoms with E-state index in [2.05, 4.69) is 36.7 Å². The SMILES string of the molecule is Cn1c(CCC(=O)NC(Cc2ccsc2)c2nccs2)nc2ccccc21. The zero-order valence-electron chi connectivity index (χ0n) is 15.0. The van der Waals surface area contributed by atoms with Crippen molar-refractivity contribution in [2.75, 3.05) is 0 Å². The van der Waals surface area contributed by atoms with Gasteiger partial charge in [-0.05, 0) is 34.5 Å². The van der Waals surface area contributed by atoms with E-state index in [1.807, 2.05) is 36.7 Å². The highest BCUT2D eigenvalue weighted by atomic mass is 32.1. The van der Waals surface area contributed by atoms with E-state index >= 15 is 0 Å². The fourth-order valence-electron chi connectivity index (χ4n) is 3.16. The fraction of sp³-hybridized carbons (Fsp3) is 0.250. The molecular weight excluding hydrogens is 376 g/mol. The maximum atomic E-state index is 12.6. The van der Waals surface area contributed by atoms with E-state index in [-0.39, 0.29) is 11.9 Å². The van der Waals surface area contributed by atoms with Crippen molar-refractivity contribution in [2.45, 2.75) is 25.3 Å². The van der Waals surface area contributed by atoms with Gasteiger partial charge in [0.25, 0.3) is 0 Å². The van der Waals surface area contributed by atoms with E-state index in [0.717, 1.165) is 28.3 Å². The number of aromatic nitrogens is 3. The van der Waals surface area contributed by atoms with Crippen LogP contribution in [0.5, 0.6) is 0 Å². The number of hydrogen-bond donors (Lipinski definition) is 1. The van der Waals surface area contributed by atoms with Crippen molar-refractivity contribution in [1.29, 1.82) is 0 Å². The molecule has 3 aromatic heterocycles. The molecule has 3 heterocycles. The first-order chi connectivity index (χ1) is 13.2. The number of thiophene rings is 1. The van der Waals surface area contributed by atoms with E-state index < -0.39 is 0 Å². The van der Waals surface area contributed by atoms with Crippen LogP contribution in [0.2, 0.25) is 0 Å². The summed E-state index contributed by atoms with van der Waals surface area (Å²) in [5.74, 6) is 0.951. The predicted octanol–water partition coefficient (Wildman–Crippen LogP) is 4.12. The number of para-hydroxylation sites is 2. The van der Waals surface area contributed by atoms with Crippen molar-refractivity contribution in [1.82, 2.24) is 19.9 Å². The van der Waals surface area contributed by atoms with Crippen LogP contribution in [0.3, 0.4) is 0 Å². The average molecular weight is 397 g/mol. The van der Waals surface area contributed by atoms with E-state index in [4.69, 9.17) is 0 Å². The Balaban J connectivity index is 1.42. The van der Waals surface area contributed by atoms with Gasteiger partial charge in [0.15, 0.2) is 0 Å². The zero-order valence-corrected chi connectivity index (χ0v) is 16.6. The van der Waals surface area contributed by atoms with Crippen LogP contribution in [0.15, 0.2) is 52.7 Å². The van der Waals surface area contributed by atoms with Crippen LogP contribution >= 0.6 is 22.7 Å². The van der Waals surface area contributed by atoms with Gasteiger partial charge in [-0.15, -0.1) is 11.3 Å². The van der Waals surface area contributed by atoms with Crippen molar-refractivity contribution < 1.29 is 4.79 Å². The van der Waals surface area contributed by atoms with E-state index in [0.29, 0.717) is 12.8 Å². The lowest BCUT2D eigenvalue weighted by Gasteiger charge is -2.16. The van der Waals surface area contributed by atoms with Crippen molar-refractivity contribution in [2.24, 2.45) is 7.05 Å². The summed E-state index contributed by atoms with van der Waals surface area (Å²) in [6, 6.07) is 10.0. The Labute approximate surface area is 165 Å². The molecule has 0 radical (unpaired) electrons. The van der Waals surface area contributed by atoms with Crippen molar-refractivity contribution >= 4 is 39.6 Å². The molecule has 4 rings (SSSR count). The monoisotopic (exact) mass is 396 g/mol. The molecule has 0 aliphatic heterocycles. The number of benzene rings is 1. The molecular formula is C20H20N4OS2. The van der Waals surface area contributed by atoms with E-state index in [9.17, 15) is 4.79 Å². The number of aryl methyl sites for hydroxylation is 2. The normalized spacial score (nSPS) is 12.3. The maximum absolute atomic E-state index is 12.6. The summed E-state index contributed by atoms with van der Waals surface area (Å²) in [6.45, 7) is 0. The summed E-state index contributed by atoms with van der Waals surface area (Å²) in [6.07, 6.45) is 3.56. The number of nitrogens with zero attached hydrogens (tertiary/aromatic N) is 3. The highest BCUT2D eigenvalue weighted by molar-refractivity contribution is 7.09. The summed E-state index contributed by atoms with van der Waals surface area (Å²) in [5, 5.41) is 10.2. The summed E-state index contributed by atoms with van der Waals surface area (Å²) >= 11 is 3.24. The molecule has 0 spiro atoms. The van der Waals surface area contributed by atoms with Crippen LogP contribution in [-0.2, 0) is 24.7 Å². The van der Waals surface area contributed by atoms with Gasteiger partial charge in [0.05, 0.1) is 17.1 Å². The number of imidazole rings is 1. The third-order valence-electron chi connectivity index (χ3n) is 4.56. The highest BCUT2D eigenvalue weighted by Gasteiger charge is 2.18. The minimum Gasteiger partial charge on any atom is -0.347 e. The predicted molar refractivity (Wildman–Crippen MR) is 110 cm³/mol. The lowest BCUT2D eigenvalue weighted by atomic mass is 10.1. The molecule has 27 heavy (non-hydrogen) atoms. The number of thiazole rings is 1.